The van der Waals surface area contributed by atoms with Gasteiger partial charge in [0.1, 0.15) is 5.82 Å². The van der Waals surface area contributed by atoms with Crippen molar-refractivity contribution in [3.63, 3.8) is 0 Å². The number of anilines is 1. The lowest BCUT2D eigenvalue weighted by molar-refractivity contribution is 0.664. The molecule has 0 bridgehead atoms. The van der Waals surface area contributed by atoms with E-state index >= 15 is 0 Å². The van der Waals surface area contributed by atoms with Crippen molar-refractivity contribution in [2.45, 2.75) is 10.9 Å². The molecule has 7 nitrogen and oxygen atoms in total. The van der Waals surface area contributed by atoms with E-state index in [2.05, 4.69) is 25.9 Å². The Balaban J connectivity index is 2.07. The number of hydrogen-bond donors (Lipinski definition) is 2. The molecule has 0 aromatic carbocycles. The molecular weight excluding hydrogens is 226 g/mol. The molecule has 84 valence electrons. The lowest BCUT2D eigenvalue weighted by atomic mass is 10.3. The highest BCUT2D eigenvalue weighted by Crippen LogP contribution is 2.22. The van der Waals surface area contributed by atoms with Gasteiger partial charge in [-0.3, -0.25) is 0 Å². The van der Waals surface area contributed by atoms with Gasteiger partial charge in [0.25, 0.3) is 0 Å². The third kappa shape index (κ3) is 2.28. The second-order valence-electron chi connectivity index (χ2n) is 3.03. The van der Waals surface area contributed by atoms with E-state index in [9.17, 15) is 0 Å². The molecule has 2 heterocycles. The summed E-state index contributed by atoms with van der Waals surface area (Å²) < 4.78 is 1.62. The highest BCUT2D eigenvalue weighted by atomic mass is 32.2. The molecule has 16 heavy (non-hydrogen) atoms. The van der Waals surface area contributed by atoms with Crippen LogP contribution >= 0.6 is 11.8 Å². The molecule has 0 aliphatic carbocycles. The van der Waals surface area contributed by atoms with Gasteiger partial charge in [-0.1, -0.05) is 17.8 Å². The minimum atomic E-state index is 0.671. The first kappa shape index (κ1) is 10.8. The number of hydrazine groups is 1. The molecule has 2 aromatic heterocycles. The Kier molecular flexibility index (Phi) is 3.32. The van der Waals surface area contributed by atoms with Crippen molar-refractivity contribution in [3.8, 4) is 0 Å². The summed E-state index contributed by atoms with van der Waals surface area (Å²) in [4.78, 5) is 4.11. The summed E-state index contributed by atoms with van der Waals surface area (Å²) in [5.74, 6) is 6.74. The highest BCUT2D eigenvalue weighted by Gasteiger charge is 2.06. The lowest BCUT2D eigenvalue weighted by Crippen LogP contribution is -2.10. The minimum absolute atomic E-state index is 0.671. The number of thioether (sulfide) groups is 1. The Morgan fingerprint density at radius 2 is 2.44 bits per heavy atom. The van der Waals surface area contributed by atoms with Crippen LogP contribution in [0.15, 0.2) is 23.5 Å². The van der Waals surface area contributed by atoms with Crippen molar-refractivity contribution in [2.75, 3.05) is 5.43 Å². The van der Waals surface area contributed by atoms with Crippen LogP contribution in [0.4, 0.5) is 5.82 Å². The van der Waals surface area contributed by atoms with Crippen LogP contribution in [0.2, 0.25) is 0 Å². The normalized spacial score (nSPS) is 10.4. The van der Waals surface area contributed by atoms with Crippen LogP contribution in [-0.4, -0.2) is 25.2 Å². The summed E-state index contributed by atoms with van der Waals surface area (Å²) in [7, 11) is 1.80. The van der Waals surface area contributed by atoms with Crippen molar-refractivity contribution in [3.05, 3.63) is 23.9 Å². The Hall–Kier alpha value is -1.67. The van der Waals surface area contributed by atoms with Gasteiger partial charge in [0.05, 0.1) is 0 Å². The summed E-state index contributed by atoms with van der Waals surface area (Å²) in [6, 6.07) is 3.82. The zero-order chi connectivity index (χ0) is 11.4. The number of tetrazole rings is 1. The van der Waals surface area contributed by atoms with E-state index in [1.165, 1.54) is 11.8 Å². The topological polar surface area (TPSA) is 94.5 Å². The smallest absolute Gasteiger partial charge is 0.209 e. The molecule has 0 fully saturated rings. The zero-order valence-corrected chi connectivity index (χ0v) is 9.48. The van der Waals surface area contributed by atoms with E-state index in [1.807, 2.05) is 12.1 Å². The molecule has 0 aliphatic heterocycles. The largest absolute Gasteiger partial charge is 0.308 e. The van der Waals surface area contributed by atoms with E-state index in [1.54, 1.807) is 17.9 Å². The number of nitrogens with one attached hydrogen (secondary N) is 1. The number of nitrogens with two attached hydrogens (primary N) is 1. The van der Waals surface area contributed by atoms with Gasteiger partial charge in [-0.05, 0) is 16.5 Å². The number of aryl methyl sites for hydroxylation is 1. The number of pyridine rings is 1. The van der Waals surface area contributed by atoms with Crippen LogP contribution in [0.5, 0.6) is 0 Å². The molecule has 0 radical (unpaired) electrons. The van der Waals surface area contributed by atoms with Gasteiger partial charge in [0.2, 0.25) is 5.16 Å². The van der Waals surface area contributed by atoms with Crippen LogP contribution in [0.25, 0.3) is 0 Å². The summed E-state index contributed by atoms with van der Waals surface area (Å²) in [6.45, 7) is 0. The van der Waals surface area contributed by atoms with E-state index in [-0.39, 0.29) is 0 Å². The van der Waals surface area contributed by atoms with Gasteiger partial charge in [-0.15, -0.1) is 5.10 Å². The molecule has 8 heteroatoms. The first-order valence-corrected chi connectivity index (χ1v) is 5.55. The molecule has 0 atom stereocenters. The predicted octanol–water partition coefficient (Wildman–Crippen LogP) is 0.183. The van der Waals surface area contributed by atoms with E-state index in [4.69, 9.17) is 5.84 Å². The van der Waals surface area contributed by atoms with Crippen molar-refractivity contribution < 1.29 is 0 Å². The predicted molar refractivity (Wildman–Crippen MR) is 60.4 cm³/mol. The Morgan fingerprint density at radius 1 is 1.56 bits per heavy atom. The van der Waals surface area contributed by atoms with Crippen molar-refractivity contribution >= 4 is 17.6 Å². The third-order valence-corrected chi connectivity index (χ3v) is 3.03. The Morgan fingerprint density at radius 3 is 3.12 bits per heavy atom. The summed E-state index contributed by atoms with van der Waals surface area (Å²) in [6.07, 6.45) is 1.69. The average Bonchev–Trinajstić information content (AvgIpc) is 2.72. The van der Waals surface area contributed by atoms with Crippen molar-refractivity contribution in [1.29, 1.82) is 0 Å². The van der Waals surface area contributed by atoms with Gasteiger partial charge in [-0.2, -0.15) is 0 Å². The maximum Gasteiger partial charge on any atom is 0.209 e. The number of rotatable bonds is 4. The maximum absolute atomic E-state index is 5.36. The van der Waals surface area contributed by atoms with Gasteiger partial charge in [-0.25, -0.2) is 15.5 Å². The molecule has 0 unspecified atom stereocenters. The first-order valence-electron chi connectivity index (χ1n) is 4.57. The SMILES string of the molecule is Cn1nnnc1SCc1cccnc1NN. The first-order chi connectivity index (χ1) is 7.81. The van der Waals surface area contributed by atoms with Gasteiger partial charge in [0, 0.05) is 24.6 Å². The highest BCUT2D eigenvalue weighted by molar-refractivity contribution is 7.98. The summed E-state index contributed by atoms with van der Waals surface area (Å²) >= 11 is 1.53. The van der Waals surface area contributed by atoms with Crippen LogP contribution < -0.4 is 11.3 Å². The van der Waals surface area contributed by atoms with Crippen LogP contribution in [0, 0.1) is 0 Å². The minimum Gasteiger partial charge on any atom is -0.308 e. The van der Waals surface area contributed by atoms with Gasteiger partial charge < -0.3 is 5.43 Å². The third-order valence-electron chi connectivity index (χ3n) is 1.97. The fraction of sp³-hybridized carbons (Fsp3) is 0.250. The van der Waals surface area contributed by atoms with Crippen molar-refractivity contribution in [1.82, 2.24) is 25.2 Å². The number of nitrogens with zero attached hydrogens (tertiary/aromatic N) is 5. The fourth-order valence-electron chi connectivity index (χ4n) is 1.17. The average molecular weight is 237 g/mol. The number of hydrogen-bond acceptors (Lipinski definition) is 7. The van der Waals surface area contributed by atoms with E-state index in [0.717, 1.165) is 10.7 Å². The molecule has 0 spiro atoms. The number of nitrogen functional groups attached to an aromatic ring is 1. The van der Waals surface area contributed by atoms with Crippen molar-refractivity contribution in [2.24, 2.45) is 12.9 Å². The lowest BCUT2D eigenvalue weighted by Gasteiger charge is -2.05. The molecular formula is C8H11N7S. The second kappa shape index (κ2) is 4.90. The molecule has 2 aromatic rings. The molecule has 0 saturated heterocycles. The van der Waals surface area contributed by atoms with Gasteiger partial charge in [0.15, 0.2) is 0 Å². The maximum atomic E-state index is 5.36. The molecule has 0 saturated carbocycles. The molecule has 2 rings (SSSR count). The molecule has 0 aliphatic rings. The zero-order valence-electron chi connectivity index (χ0n) is 8.66. The molecule has 3 N–H and O–H groups in total. The van der Waals surface area contributed by atoms with E-state index in [0.29, 0.717) is 11.6 Å². The molecule has 0 amide bonds. The Bertz CT molecular complexity index is 469. The monoisotopic (exact) mass is 237 g/mol. The Labute approximate surface area is 96.4 Å². The quantitative estimate of drug-likeness (QED) is 0.445. The summed E-state index contributed by atoms with van der Waals surface area (Å²) in [5.41, 5.74) is 3.57. The van der Waals surface area contributed by atoms with Crippen LogP contribution in [0.3, 0.4) is 0 Å². The second-order valence-corrected chi connectivity index (χ2v) is 3.97. The number of aromatic nitrogens is 5. The summed E-state index contributed by atoms with van der Waals surface area (Å²) in [5, 5.41) is 11.9. The fourth-order valence-corrected chi connectivity index (χ4v) is 2.01. The standard InChI is InChI=1S/C8H11N7S/c1-15-8(12-13-14-15)16-5-6-3-2-4-10-7(6)11-9/h2-4H,5,9H2,1H3,(H,10,11). The van der Waals surface area contributed by atoms with Crippen LogP contribution in [-0.2, 0) is 12.8 Å². The van der Waals surface area contributed by atoms with Gasteiger partial charge >= 0.3 is 0 Å². The van der Waals surface area contributed by atoms with E-state index < -0.39 is 0 Å². The van der Waals surface area contributed by atoms with Crippen LogP contribution in [0.1, 0.15) is 5.56 Å².